The van der Waals surface area contributed by atoms with E-state index in [-0.39, 0.29) is 16.0 Å². The topological polar surface area (TPSA) is 69.6 Å². The van der Waals surface area contributed by atoms with Crippen LogP contribution in [0.5, 0.6) is 5.75 Å². The molecule has 3 rings (SSSR count). The predicted octanol–water partition coefficient (Wildman–Crippen LogP) is 5.80. The SMILES string of the molecule is CC(C(=O)Nc1ccc(Cl)cc1)N1C(=O)/C(=C/c2cc(Br)cc(Br)c2O)SC1=S. The van der Waals surface area contributed by atoms with Gasteiger partial charge in [0.2, 0.25) is 5.91 Å². The van der Waals surface area contributed by atoms with Crippen LogP contribution >= 0.6 is 67.4 Å². The minimum Gasteiger partial charge on any atom is -0.506 e. The average molecular weight is 577 g/mol. The van der Waals surface area contributed by atoms with Crippen LogP contribution in [0.2, 0.25) is 5.02 Å². The molecule has 1 aliphatic rings. The van der Waals surface area contributed by atoms with Gasteiger partial charge in [0, 0.05) is 20.7 Å². The van der Waals surface area contributed by atoms with Crippen LogP contribution in [0, 0.1) is 0 Å². The first kappa shape index (κ1) is 22.3. The lowest BCUT2D eigenvalue weighted by Crippen LogP contribution is -2.44. The van der Waals surface area contributed by atoms with E-state index in [0.717, 1.165) is 16.2 Å². The van der Waals surface area contributed by atoms with E-state index in [0.29, 0.717) is 25.7 Å². The molecular formula is C19H13Br2ClN2O3S2. The van der Waals surface area contributed by atoms with Gasteiger partial charge in [0.25, 0.3) is 5.91 Å². The number of thioether (sulfide) groups is 1. The number of carbonyl (C=O) groups is 2. The van der Waals surface area contributed by atoms with Gasteiger partial charge in [-0.3, -0.25) is 14.5 Å². The maximum absolute atomic E-state index is 12.9. The molecule has 0 spiro atoms. The minimum atomic E-state index is -0.813. The van der Waals surface area contributed by atoms with Gasteiger partial charge in [0.1, 0.15) is 16.1 Å². The van der Waals surface area contributed by atoms with Crippen molar-refractivity contribution in [3.05, 3.63) is 60.8 Å². The van der Waals surface area contributed by atoms with E-state index < -0.39 is 11.9 Å². The fraction of sp³-hybridized carbons (Fsp3) is 0.105. The van der Waals surface area contributed by atoms with Crippen molar-refractivity contribution in [2.75, 3.05) is 5.32 Å². The minimum absolute atomic E-state index is 0.00648. The highest BCUT2D eigenvalue weighted by Gasteiger charge is 2.38. The second-order valence-corrected chi connectivity index (χ2v) is 9.93. The van der Waals surface area contributed by atoms with Crippen LogP contribution in [0.1, 0.15) is 12.5 Å². The summed E-state index contributed by atoms with van der Waals surface area (Å²) in [5, 5.41) is 13.5. The van der Waals surface area contributed by atoms with E-state index in [9.17, 15) is 14.7 Å². The average Bonchev–Trinajstić information content (AvgIpc) is 2.93. The van der Waals surface area contributed by atoms with Crippen molar-refractivity contribution in [1.29, 1.82) is 0 Å². The summed E-state index contributed by atoms with van der Waals surface area (Å²) in [5.74, 6) is -0.765. The summed E-state index contributed by atoms with van der Waals surface area (Å²) in [7, 11) is 0. The van der Waals surface area contributed by atoms with Crippen LogP contribution in [0.4, 0.5) is 5.69 Å². The fourth-order valence-corrected chi connectivity index (χ4v) is 5.34. The maximum atomic E-state index is 12.9. The number of hydrogen-bond acceptors (Lipinski definition) is 5. The van der Waals surface area contributed by atoms with Gasteiger partial charge in [0.15, 0.2) is 0 Å². The molecule has 2 aromatic carbocycles. The Balaban J connectivity index is 1.81. The first-order chi connectivity index (χ1) is 13.7. The molecule has 0 aliphatic carbocycles. The molecule has 2 amide bonds. The van der Waals surface area contributed by atoms with Gasteiger partial charge in [-0.05, 0) is 65.3 Å². The standard InChI is InChI=1S/C19H13Br2ClN2O3S2/c1-9(17(26)23-13-4-2-12(22)3-5-13)24-18(27)15(29-19(24)28)7-10-6-11(20)8-14(21)16(10)25/h2-9,25H,1H3,(H,23,26)/b15-7-. The molecule has 0 saturated carbocycles. The van der Waals surface area contributed by atoms with Crippen LogP contribution < -0.4 is 5.32 Å². The number of nitrogens with zero attached hydrogens (tertiary/aromatic N) is 1. The summed E-state index contributed by atoms with van der Waals surface area (Å²) in [5.41, 5.74) is 1.01. The molecule has 10 heteroatoms. The number of halogens is 3. The summed E-state index contributed by atoms with van der Waals surface area (Å²) >= 11 is 18.9. The van der Waals surface area contributed by atoms with E-state index in [4.69, 9.17) is 23.8 Å². The number of phenols is 1. The van der Waals surface area contributed by atoms with E-state index in [1.54, 1.807) is 49.4 Å². The van der Waals surface area contributed by atoms with Crippen molar-refractivity contribution >= 4 is 95.3 Å². The van der Waals surface area contributed by atoms with Gasteiger partial charge >= 0.3 is 0 Å². The molecular weight excluding hydrogens is 564 g/mol. The van der Waals surface area contributed by atoms with Crippen molar-refractivity contribution in [2.45, 2.75) is 13.0 Å². The second-order valence-electron chi connectivity index (χ2n) is 6.05. The molecule has 1 atom stereocenters. The van der Waals surface area contributed by atoms with Gasteiger partial charge in [-0.25, -0.2) is 0 Å². The van der Waals surface area contributed by atoms with Gasteiger partial charge < -0.3 is 10.4 Å². The van der Waals surface area contributed by atoms with Gasteiger partial charge in [-0.1, -0.05) is 51.5 Å². The Morgan fingerprint density at radius 3 is 2.62 bits per heavy atom. The zero-order valence-corrected chi connectivity index (χ0v) is 20.3. The molecule has 1 heterocycles. The molecule has 5 nitrogen and oxygen atoms in total. The summed E-state index contributed by atoms with van der Waals surface area (Å²) < 4.78 is 1.50. The Morgan fingerprint density at radius 1 is 1.31 bits per heavy atom. The lowest BCUT2D eigenvalue weighted by Gasteiger charge is -2.22. The first-order valence-corrected chi connectivity index (χ1v) is 11.4. The zero-order valence-electron chi connectivity index (χ0n) is 14.8. The lowest BCUT2D eigenvalue weighted by atomic mass is 10.1. The first-order valence-electron chi connectivity index (χ1n) is 8.19. The van der Waals surface area contributed by atoms with Gasteiger partial charge in [-0.2, -0.15) is 0 Å². The molecule has 1 saturated heterocycles. The van der Waals surface area contributed by atoms with Crippen molar-refractivity contribution in [2.24, 2.45) is 0 Å². The number of rotatable bonds is 4. The monoisotopic (exact) mass is 574 g/mol. The third-order valence-electron chi connectivity index (χ3n) is 4.05. The fourth-order valence-electron chi connectivity index (χ4n) is 2.55. The summed E-state index contributed by atoms with van der Waals surface area (Å²) in [6.07, 6.45) is 1.55. The molecule has 1 aliphatic heterocycles. The largest absolute Gasteiger partial charge is 0.506 e. The van der Waals surface area contributed by atoms with E-state index in [1.807, 2.05) is 0 Å². The number of amides is 2. The smallest absolute Gasteiger partial charge is 0.266 e. The predicted molar refractivity (Wildman–Crippen MR) is 128 cm³/mol. The summed E-state index contributed by atoms with van der Waals surface area (Å²) in [6, 6.07) is 9.23. The number of hydrogen-bond donors (Lipinski definition) is 2. The Hall–Kier alpha value is -1.39. The van der Waals surface area contributed by atoms with E-state index in [2.05, 4.69) is 37.2 Å². The van der Waals surface area contributed by atoms with E-state index >= 15 is 0 Å². The second kappa shape index (κ2) is 9.18. The summed E-state index contributed by atoms with van der Waals surface area (Å²) in [4.78, 5) is 27.1. The number of nitrogens with one attached hydrogen (secondary N) is 1. The van der Waals surface area contributed by atoms with Gasteiger partial charge in [0.05, 0.1) is 9.38 Å². The van der Waals surface area contributed by atoms with Crippen LogP contribution in [0.3, 0.4) is 0 Å². The van der Waals surface area contributed by atoms with Gasteiger partial charge in [-0.15, -0.1) is 0 Å². The Kier molecular flexibility index (Phi) is 7.06. The third kappa shape index (κ3) is 5.03. The number of benzene rings is 2. The number of phenolic OH excluding ortho intramolecular Hbond substituents is 1. The van der Waals surface area contributed by atoms with Crippen molar-refractivity contribution in [1.82, 2.24) is 4.90 Å². The Labute approximate surface area is 198 Å². The lowest BCUT2D eigenvalue weighted by molar-refractivity contribution is -0.129. The van der Waals surface area contributed by atoms with Crippen LogP contribution in [0.15, 0.2) is 50.2 Å². The number of anilines is 1. The third-order valence-corrected chi connectivity index (χ3v) is 6.69. The highest BCUT2D eigenvalue weighted by molar-refractivity contribution is 9.11. The molecule has 29 heavy (non-hydrogen) atoms. The normalized spacial score (nSPS) is 16.4. The highest BCUT2D eigenvalue weighted by atomic mass is 79.9. The Bertz CT molecular complexity index is 1040. The van der Waals surface area contributed by atoms with Crippen LogP contribution in [-0.4, -0.2) is 32.2 Å². The summed E-state index contributed by atoms with van der Waals surface area (Å²) in [6.45, 7) is 1.60. The maximum Gasteiger partial charge on any atom is 0.266 e. The molecule has 0 bridgehead atoms. The molecule has 0 aromatic heterocycles. The molecule has 150 valence electrons. The van der Waals surface area contributed by atoms with E-state index in [1.165, 1.54) is 4.90 Å². The zero-order chi connectivity index (χ0) is 21.3. The van der Waals surface area contributed by atoms with Crippen molar-refractivity contribution in [3.63, 3.8) is 0 Å². The highest BCUT2D eigenvalue weighted by Crippen LogP contribution is 2.38. The van der Waals surface area contributed by atoms with Crippen molar-refractivity contribution in [3.8, 4) is 5.75 Å². The molecule has 2 aromatic rings. The van der Waals surface area contributed by atoms with Crippen molar-refractivity contribution < 1.29 is 14.7 Å². The number of aromatic hydroxyl groups is 1. The quantitative estimate of drug-likeness (QED) is 0.356. The van der Waals surface area contributed by atoms with Crippen LogP contribution in [-0.2, 0) is 9.59 Å². The number of thiocarbonyl (C=S) groups is 1. The number of carbonyl (C=O) groups excluding carboxylic acids is 2. The van der Waals surface area contributed by atoms with Crippen LogP contribution in [0.25, 0.3) is 6.08 Å². The molecule has 2 N–H and O–H groups in total. The Morgan fingerprint density at radius 2 is 1.97 bits per heavy atom. The molecule has 0 radical (unpaired) electrons. The molecule has 1 fully saturated rings. The molecule has 1 unspecified atom stereocenters.